The maximum Gasteiger partial charge on any atom is 0.288 e. The van der Waals surface area contributed by atoms with Gasteiger partial charge in [-0.3, -0.25) is 9.69 Å². The number of hydrogen-bond acceptors (Lipinski definition) is 6. The first kappa shape index (κ1) is 26.9. The molecule has 7 nitrogen and oxygen atoms in total. The number of ether oxygens (including phenoxy) is 3. The maximum absolute atomic E-state index is 13.6. The third-order valence-electron chi connectivity index (χ3n) is 7.36. The average molecular weight is 529 g/mol. The fourth-order valence-corrected chi connectivity index (χ4v) is 5.03. The Morgan fingerprint density at radius 1 is 0.897 bits per heavy atom. The molecule has 2 aliphatic heterocycles. The van der Waals surface area contributed by atoms with E-state index < -0.39 is 6.29 Å². The highest BCUT2D eigenvalue weighted by atomic mass is 16.7. The van der Waals surface area contributed by atoms with E-state index in [0.29, 0.717) is 31.9 Å². The second kappa shape index (κ2) is 12.9. The molecule has 0 radical (unpaired) electrons. The number of methoxy groups -OCH3 is 1. The second-order valence-electron chi connectivity index (χ2n) is 10.0. The smallest absolute Gasteiger partial charge is 0.288 e. The van der Waals surface area contributed by atoms with Crippen LogP contribution >= 0.6 is 0 Å². The average Bonchev–Trinajstić information content (AvgIpc) is 3.00. The number of nitrogens with zero attached hydrogens (tertiary/aromatic N) is 2. The van der Waals surface area contributed by atoms with E-state index in [0.717, 1.165) is 42.1 Å². The van der Waals surface area contributed by atoms with Gasteiger partial charge in [-0.1, -0.05) is 66.7 Å². The topological polar surface area (TPSA) is 71.5 Å². The Morgan fingerprint density at radius 2 is 1.59 bits per heavy atom. The molecule has 3 aromatic carbocycles. The van der Waals surface area contributed by atoms with Gasteiger partial charge in [-0.2, -0.15) is 0 Å². The summed E-state index contributed by atoms with van der Waals surface area (Å²) in [4.78, 5) is 17.9. The largest absolute Gasteiger partial charge is 0.497 e. The Kier molecular flexibility index (Phi) is 8.93. The standard InChI is InChI=1S/C32H36N2O5/c1-37-29-13-11-27(12-14-29)28-19-30(39-31(20-28)38-23-26-9-7-25(22-35)8-10-26)32(36)34-17-15-33(16-18-34)21-24-5-3-2-4-6-24/h2-14,19,28,31,35H,15-18,20-23H2,1H3/t28-,31+/m1/s1. The number of carbonyl (C=O) groups is 1. The van der Waals surface area contributed by atoms with E-state index in [-0.39, 0.29) is 18.4 Å². The highest BCUT2D eigenvalue weighted by Gasteiger charge is 2.32. The lowest BCUT2D eigenvalue weighted by Gasteiger charge is -2.36. The Hall–Kier alpha value is -3.65. The summed E-state index contributed by atoms with van der Waals surface area (Å²) in [5.41, 5.74) is 4.20. The minimum Gasteiger partial charge on any atom is -0.497 e. The molecule has 1 N–H and O–H groups in total. The predicted molar refractivity (Wildman–Crippen MR) is 149 cm³/mol. The molecular formula is C32H36N2O5. The number of piperazine rings is 1. The third kappa shape index (κ3) is 7.06. The summed E-state index contributed by atoms with van der Waals surface area (Å²) in [6.45, 7) is 4.19. The molecular weight excluding hydrogens is 492 g/mol. The van der Waals surface area contributed by atoms with E-state index >= 15 is 0 Å². The van der Waals surface area contributed by atoms with Gasteiger partial charge in [0.25, 0.3) is 5.91 Å². The van der Waals surface area contributed by atoms with Gasteiger partial charge in [-0.05, 0) is 40.5 Å². The van der Waals surface area contributed by atoms with Crippen molar-refractivity contribution >= 4 is 5.91 Å². The summed E-state index contributed by atoms with van der Waals surface area (Å²) < 4.78 is 17.6. The van der Waals surface area contributed by atoms with Crippen LogP contribution in [0, 0.1) is 0 Å². The number of carbonyl (C=O) groups excluding carboxylic acids is 1. The van der Waals surface area contributed by atoms with Gasteiger partial charge in [0.1, 0.15) is 5.75 Å². The molecule has 39 heavy (non-hydrogen) atoms. The molecule has 0 bridgehead atoms. The van der Waals surface area contributed by atoms with Gasteiger partial charge in [-0.25, -0.2) is 0 Å². The Bertz CT molecular complexity index is 1240. The van der Waals surface area contributed by atoms with Crippen molar-refractivity contribution in [3.63, 3.8) is 0 Å². The van der Waals surface area contributed by atoms with Crippen molar-refractivity contribution in [2.24, 2.45) is 0 Å². The van der Waals surface area contributed by atoms with Crippen LogP contribution in [0.3, 0.4) is 0 Å². The minimum atomic E-state index is -0.557. The van der Waals surface area contributed by atoms with Crippen molar-refractivity contribution in [3.8, 4) is 5.75 Å². The van der Waals surface area contributed by atoms with Crippen LogP contribution in [0.25, 0.3) is 0 Å². The predicted octanol–water partition coefficient (Wildman–Crippen LogP) is 4.46. The van der Waals surface area contributed by atoms with Crippen molar-refractivity contribution < 1.29 is 24.1 Å². The molecule has 1 amide bonds. The molecule has 3 aromatic rings. The maximum atomic E-state index is 13.6. The lowest BCUT2D eigenvalue weighted by Crippen LogP contribution is -2.49. The molecule has 1 saturated heterocycles. The summed E-state index contributed by atoms with van der Waals surface area (Å²) in [5.74, 6) is 1.02. The van der Waals surface area contributed by atoms with Crippen molar-refractivity contribution in [1.29, 1.82) is 0 Å². The van der Waals surface area contributed by atoms with Crippen LogP contribution in [0.15, 0.2) is 90.7 Å². The van der Waals surface area contributed by atoms with Crippen molar-refractivity contribution in [2.45, 2.75) is 38.4 Å². The van der Waals surface area contributed by atoms with E-state index in [9.17, 15) is 9.90 Å². The molecule has 204 valence electrons. The lowest BCUT2D eigenvalue weighted by molar-refractivity contribution is -0.157. The minimum absolute atomic E-state index is 0.00714. The summed E-state index contributed by atoms with van der Waals surface area (Å²) in [5, 5.41) is 9.30. The Labute approximate surface area is 230 Å². The van der Waals surface area contributed by atoms with Gasteiger partial charge >= 0.3 is 0 Å². The van der Waals surface area contributed by atoms with Gasteiger partial charge in [0.2, 0.25) is 6.29 Å². The van der Waals surface area contributed by atoms with E-state index in [1.165, 1.54) is 5.56 Å². The molecule has 0 spiro atoms. The molecule has 0 saturated carbocycles. The summed E-state index contributed by atoms with van der Waals surface area (Å²) in [6, 6.07) is 26.0. The normalized spacial score (nSPS) is 19.7. The van der Waals surface area contributed by atoms with Gasteiger partial charge in [0.05, 0.1) is 20.3 Å². The summed E-state index contributed by atoms with van der Waals surface area (Å²) in [6.07, 6.45) is 1.98. The molecule has 7 heteroatoms. The van der Waals surface area contributed by atoms with Crippen LogP contribution in [0.1, 0.15) is 34.6 Å². The van der Waals surface area contributed by atoms with E-state index in [1.54, 1.807) is 7.11 Å². The van der Waals surface area contributed by atoms with E-state index in [1.807, 2.05) is 65.6 Å². The van der Waals surface area contributed by atoms with Gasteiger partial charge < -0.3 is 24.2 Å². The Morgan fingerprint density at radius 3 is 2.26 bits per heavy atom. The molecule has 2 heterocycles. The molecule has 1 fully saturated rings. The fraction of sp³-hybridized carbons (Fsp3) is 0.344. The van der Waals surface area contributed by atoms with Gasteiger partial charge in [0.15, 0.2) is 5.76 Å². The van der Waals surface area contributed by atoms with Crippen LogP contribution in [0.4, 0.5) is 0 Å². The molecule has 2 aliphatic rings. The number of benzene rings is 3. The fourth-order valence-electron chi connectivity index (χ4n) is 5.03. The molecule has 2 atom stereocenters. The third-order valence-corrected chi connectivity index (χ3v) is 7.36. The van der Waals surface area contributed by atoms with Crippen molar-refractivity contribution in [3.05, 3.63) is 113 Å². The number of aliphatic hydroxyl groups is 1. The van der Waals surface area contributed by atoms with Crippen LogP contribution < -0.4 is 4.74 Å². The molecule has 0 unspecified atom stereocenters. The number of amides is 1. The number of hydrogen-bond donors (Lipinski definition) is 1. The SMILES string of the molecule is COc1ccc([C@@H]2C=C(C(=O)N3CCN(Cc4ccccc4)CC3)O[C@H](OCc3ccc(CO)cc3)C2)cc1. The number of rotatable bonds is 9. The summed E-state index contributed by atoms with van der Waals surface area (Å²) >= 11 is 0. The quantitative estimate of drug-likeness (QED) is 0.442. The molecule has 0 aliphatic carbocycles. The Balaban J connectivity index is 1.26. The monoisotopic (exact) mass is 528 g/mol. The highest BCUT2D eigenvalue weighted by molar-refractivity contribution is 5.92. The van der Waals surface area contributed by atoms with Crippen LogP contribution in [0.5, 0.6) is 5.75 Å². The van der Waals surface area contributed by atoms with Crippen molar-refractivity contribution in [2.75, 3.05) is 33.3 Å². The van der Waals surface area contributed by atoms with Gasteiger partial charge in [0, 0.05) is 45.1 Å². The zero-order chi connectivity index (χ0) is 27.0. The number of aliphatic hydroxyl groups excluding tert-OH is 1. The molecule has 0 aromatic heterocycles. The first-order chi connectivity index (χ1) is 19.1. The zero-order valence-corrected chi connectivity index (χ0v) is 22.4. The first-order valence-corrected chi connectivity index (χ1v) is 13.5. The van der Waals surface area contributed by atoms with Crippen LogP contribution in [-0.4, -0.2) is 60.4 Å². The molecule has 5 rings (SSSR count). The van der Waals surface area contributed by atoms with Crippen molar-refractivity contribution in [1.82, 2.24) is 9.80 Å². The highest BCUT2D eigenvalue weighted by Crippen LogP contribution is 2.33. The zero-order valence-electron chi connectivity index (χ0n) is 22.4. The number of allylic oxidation sites excluding steroid dienone is 1. The first-order valence-electron chi connectivity index (χ1n) is 13.5. The van der Waals surface area contributed by atoms with Crippen LogP contribution in [0.2, 0.25) is 0 Å². The second-order valence-corrected chi connectivity index (χ2v) is 10.0. The lowest BCUT2D eigenvalue weighted by atomic mass is 9.92. The van der Waals surface area contributed by atoms with E-state index in [4.69, 9.17) is 14.2 Å². The van der Waals surface area contributed by atoms with Crippen LogP contribution in [-0.2, 0) is 34.0 Å². The van der Waals surface area contributed by atoms with Gasteiger partial charge in [-0.15, -0.1) is 0 Å². The summed E-state index contributed by atoms with van der Waals surface area (Å²) in [7, 11) is 1.65. The van der Waals surface area contributed by atoms with E-state index in [2.05, 4.69) is 29.2 Å².